The monoisotopic (exact) mass is 246 g/mol. The summed E-state index contributed by atoms with van der Waals surface area (Å²) in [5.74, 6) is -1.64. The molecule has 0 aliphatic rings. The summed E-state index contributed by atoms with van der Waals surface area (Å²) in [6.07, 6.45) is -0.862. The predicted octanol–water partition coefficient (Wildman–Crippen LogP) is 0.0541. The van der Waals surface area contributed by atoms with Crippen LogP contribution in [0.2, 0.25) is 0 Å². The zero-order valence-electron chi connectivity index (χ0n) is 10.4. The number of hydrogen-bond donors (Lipinski definition) is 2. The smallest absolute Gasteiger partial charge is 0.413 e. The van der Waals surface area contributed by atoms with Crippen LogP contribution in [0.1, 0.15) is 20.8 Å². The van der Waals surface area contributed by atoms with E-state index in [2.05, 4.69) is 4.74 Å². The molecule has 0 saturated heterocycles. The van der Waals surface area contributed by atoms with Crippen LogP contribution in [0.25, 0.3) is 0 Å². The molecular weight excluding hydrogens is 228 g/mol. The first-order chi connectivity index (χ1) is 7.75. The Morgan fingerprint density at radius 3 is 2.24 bits per heavy atom. The molecule has 0 bridgehead atoms. The maximum atomic E-state index is 11.4. The summed E-state index contributed by atoms with van der Waals surface area (Å²) in [6.45, 7) is 4.89. The molecule has 0 rings (SSSR count). The van der Waals surface area contributed by atoms with Crippen molar-refractivity contribution in [3.05, 3.63) is 0 Å². The molecule has 0 aromatic rings. The summed E-state index contributed by atoms with van der Waals surface area (Å²) in [5.41, 5.74) is -1.18. The number of methoxy groups -OCH3 is 1. The van der Waals surface area contributed by atoms with E-state index >= 15 is 0 Å². The number of aliphatic carboxylic acids is 1. The Labute approximate surface area is 99.7 Å². The van der Waals surface area contributed by atoms with Gasteiger partial charge in [0.25, 0.3) is 0 Å². The van der Waals surface area contributed by atoms with Gasteiger partial charge in [0.05, 0.1) is 13.7 Å². The van der Waals surface area contributed by atoms with Crippen molar-refractivity contribution in [3.63, 3.8) is 0 Å². The van der Waals surface area contributed by atoms with E-state index in [-0.39, 0.29) is 6.54 Å². The minimum absolute atomic E-state index is 0.190. The third-order valence-corrected chi connectivity index (χ3v) is 2.46. The van der Waals surface area contributed by atoms with Crippen LogP contribution in [0, 0.1) is 0 Å². The molecule has 0 atom stereocenters. The van der Waals surface area contributed by atoms with Crippen molar-refractivity contribution in [2.24, 2.45) is 0 Å². The molecule has 0 spiro atoms. The maximum absolute atomic E-state index is 11.4. The van der Waals surface area contributed by atoms with E-state index in [1.165, 1.54) is 18.7 Å². The number of carboxylic acids is 1. The van der Waals surface area contributed by atoms with Crippen LogP contribution in [0.3, 0.4) is 0 Å². The number of nitrogens with zero attached hydrogens (tertiary/aromatic N) is 1. The van der Waals surface area contributed by atoms with Crippen molar-refractivity contribution >= 4 is 18.0 Å². The average Bonchev–Trinajstić information content (AvgIpc) is 2.24. The average molecular weight is 246 g/mol. The summed E-state index contributed by atoms with van der Waals surface area (Å²) in [6, 6.07) is 0. The molecule has 0 aromatic carbocycles. The Hall–Kier alpha value is -1.63. The molecule has 7 heteroatoms. The quantitative estimate of drug-likeness (QED) is 0.711. The van der Waals surface area contributed by atoms with Gasteiger partial charge in [-0.2, -0.15) is 0 Å². The van der Waals surface area contributed by atoms with Crippen molar-refractivity contribution in [2.75, 3.05) is 20.2 Å². The summed E-state index contributed by atoms with van der Waals surface area (Å²) in [7, 11) is 1.14. The Balaban J connectivity index is 4.56. The third kappa shape index (κ3) is 4.39. The number of carbonyl (C=O) groups excluding carboxylic acids is 2. The number of alkyl carbamates (subject to hydrolysis) is 1. The van der Waals surface area contributed by atoms with Gasteiger partial charge in [0.15, 0.2) is 0 Å². The zero-order chi connectivity index (χ0) is 13.6. The molecule has 7 nitrogen and oxygen atoms in total. The molecular formula is C10H18N2O5. The van der Waals surface area contributed by atoms with Gasteiger partial charge in [-0.25, -0.2) is 4.79 Å². The Morgan fingerprint density at radius 2 is 1.88 bits per heavy atom. The topological polar surface area (TPSA) is 95.9 Å². The molecule has 2 amide bonds. The fraction of sp³-hybridized carbons (Fsp3) is 0.700. The number of hydrogen-bond acceptors (Lipinski definition) is 5. The number of amides is 2. The molecule has 0 aliphatic carbocycles. The van der Waals surface area contributed by atoms with E-state index in [0.29, 0.717) is 6.54 Å². The van der Waals surface area contributed by atoms with Gasteiger partial charge in [0.2, 0.25) is 5.91 Å². The number of imide groups is 1. The van der Waals surface area contributed by atoms with Gasteiger partial charge in [0.1, 0.15) is 5.54 Å². The van der Waals surface area contributed by atoms with Crippen LogP contribution in [0.15, 0.2) is 0 Å². The number of carbonyl (C=O) groups is 3. The van der Waals surface area contributed by atoms with E-state index in [9.17, 15) is 14.4 Å². The van der Waals surface area contributed by atoms with Crippen molar-refractivity contribution in [2.45, 2.75) is 26.3 Å². The highest BCUT2D eigenvalue weighted by Gasteiger charge is 2.34. The van der Waals surface area contributed by atoms with Gasteiger partial charge in [-0.15, -0.1) is 0 Å². The van der Waals surface area contributed by atoms with Crippen LogP contribution in [-0.4, -0.2) is 53.7 Å². The van der Waals surface area contributed by atoms with Crippen molar-refractivity contribution < 1.29 is 24.2 Å². The number of likely N-dealkylation sites (N-methyl/N-ethyl adjacent to an activating group) is 1. The molecule has 0 aromatic heterocycles. The van der Waals surface area contributed by atoms with E-state index < -0.39 is 23.5 Å². The molecule has 0 heterocycles. The predicted molar refractivity (Wildman–Crippen MR) is 59.5 cm³/mol. The summed E-state index contributed by atoms with van der Waals surface area (Å²) in [4.78, 5) is 34.6. The maximum Gasteiger partial charge on any atom is 0.413 e. The minimum atomic E-state index is -1.18. The van der Waals surface area contributed by atoms with Gasteiger partial charge in [-0.3, -0.25) is 19.8 Å². The van der Waals surface area contributed by atoms with E-state index in [1.54, 1.807) is 6.92 Å². The first-order valence-corrected chi connectivity index (χ1v) is 5.12. The normalized spacial score (nSPS) is 11.1. The molecule has 0 radical (unpaired) electrons. The minimum Gasteiger partial charge on any atom is -0.480 e. The Kier molecular flexibility index (Phi) is 5.60. The van der Waals surface area contributed by atoms with Gasteiger partial charge in [-0.05, 0) is 20.4 Å². The Bertz CT molecular complexity index is 314. The number of carboxylic acid groups (broad SMARTS) is 1. The lowest BCUT2D eigenvalue weighted by Crippen LogP contribution is -2.53. The molecule has 0 saturated carbocycles. The number of rotatable bonds is 5. The largest absolute Gasteiger partial charge is 0.480 e. The highest BCUT2D eigenvalue weighted by atomic mass is 16.5. The third-order valence-electron chi connectivity index (χ3n) is 2.46. The van der Waals surface area contributed by atoms with Gasteiger partial charge < -0.3 is 9.84 Å². The van der Waals surface area contributed by atoms with Crippen LogP contribution in [0.5, 0.6) is 0 Å². The van der Waals surface area contributed by atoms with Crippen LogP contribution in [0.4, 0.5) is 4.79 Å². The molecule has 2 N–H and O–H groups in total. The lowest BCUT2D eigenvalue weighted by atomic mass is 10.0. The van der Waals surface area contributed by atoms with E-state index in [4.69, 9.17) is 5.11 Å². The fourth-order valence-corrected chi connectivity index (χ4v) is 1.22. The van der Waals surface area contributed by atoms with Gasteiger partial charge in [0, 0.05) is 0 Å². The summed E-state index contributed by atoms with van der Waals surface area (Å²) in [5, 5.41) is 11.0. The van der Waals surface area contributed by atoms with Gasteiger partial charge in [-0.1, -0.05) is 6.92 Å². The number of ether oxygens (including phenoxy) is 1. The van der Waals surface area contributed by atoms with Crippen molar-refractivity contribution in [1.82, 2.24) is 10.2 Å². The number of nitrogens with one attached hydrogen (secondary N) is 1. The second-order valence-corrected chi connectivity index (χ2v) is 3.92. The highest BCUT2D eigenvalue weighted by molar-refractivity contribution is 5.93. The molecule has 0 aliphatic heterocycles. The van der Waals surface area contributed by atoms with Gasteiger partial charge >= 0.3 is 12.1 Å². The van der Waals surface area contributed by atoms with E-state index in [1.807, 2.05) is 5.32 Å². The van der Waals surface area contributed by atoms with Crippen LogP contribution >= 0.6 is 0 Å². The second-order valence-electron chi connectivity index (χ2n) is 3.92. The molecule has 0 fully saturated rings. The van der Waals surface area contributed by atoms with Crippen molar-refractivity contribution in [3.8, 4) is 0 Å². The molecule has 98 valence electrons. The first kappa shape index (κ1) is 15.4. The zero-order valence-corrected chi connectivity index (χ0v) is 10.4. The summed E-state index contributed by atoms with van der Waals surface area (Å²) >= 11 is 0. The van der Waals surface area contributed by atoms with Crippen molar-refractivity contribution in [1.29, 1.82) is 0 Å². The SMILES string of the molecule is CCN(CC(=O)NC(=O)OC)C(C)(C)C(=O)O. The van der Waals surface area contributed by atoms with Crippen LogP contribution in [-0.2, 0) is 14.3 Å². The standard InChI is InChI=1S/C10H18N2O5/c1-5-12(10(2,3)8(14)15)6-7(13)11-9(16)17-4/h5-6H2,1-4H3,(H,14,15)(H,11,13,16). The van der Waals surface area contributed by atoms with Crippen LogP contribution < -0.4 is 5.32 Å². The lowest BCUT2D eigenvalue weighted by Gasteiger charge is -2.33. The molecule has 17 heavy (non-hydrogen) atoms. The fourth-order valence-electron chi connectivity index (χ4n) is 1.22. The highest BCUT2D eigenvalue weighted by Crippen LogP contribution is 2.13. The second kappa shape index (κ2) is 6.19. The summed E-state index contributed by atoms with van der Waals surface area (Å²) < 4.78 is 4.26. The lowest BCUT2D eigenvalue weighted by molar-refractivity contribution is -0.150. The molecule has 0 unspecified atom stereocenters. The van der Waals surface area contributed by atoms with E-state index in [0.717, 1.165) is 7.11 Å². The Morgan fingerprint density at radius 1 is 1.35 bits per heavy atom. The first-order valence-electron chi connectivity index (χ1n) is 5.12.